The van der Waals surface area contributed by atoms with Gasteiger partial charge in [-0.2, -0.15) is 0 Å². The monoisotopic (exact) mass is 351 g/mol. The molecular formula is C21H25N3O2. The van der Waals surface area contributed by atoms with E-state index in [0.717, 1.165) is 31.6 Å². The number of para-hydroxylation sites is 1. The largest absolute Gasteiger partial charge is 0.376 e. The minimum atomic E-state index is -0.179. The number of amides is 1. The van der Waals surface area contributed by atoms with Gasteiger partial charge in [0.25, 0.3) is 5.91 Å². The number of hydrogen-bond donors (Lipinski definition) is 2. The fourth-order valence-electron chi connectivity index (χ4n) is 2.82. The van der Waals surface area contributed by atoms with E-state index in [9.17, 15) is 4.79 Å². The standard InChI is InChI=1S/C21H25N3O2/c1-2-16-10-12-17(13-11-16)20(25)24-21(22-15-19-9-6-14-26-19)23-18-7-4-3-5-8-18/h3-5,7-8,10-13,19H,2,6,9,14-15H2,1H3,(H2,22,23,24,25)/t19-/m0/s1. The van der Waals surface area contributed by atoms with Crippen molar-refractivity contribution >= 4 is 17.6 Å². The molecule has 0 unspecified atom stereocenters. The van der Waals surface area contributed by atoms with E-state index in [4.69, 9.17) is 4.74 Å². The van der Waals surface area contributed by atoms with Crippen LogP contribution in [-0.4, -0.2) is 31.1 Å². The topological polar surface area (TPSA) is 62.7 Å². The fraction of sp³-hybridized carbons (Fsp3) is 0.333. The number of nitrogens with one attached hydrogen (secondary N) is 2. The fourth-order valence-corrected chi connectivity index (χ4v) is 2.82. The molecule has 1 heterocycles. The lowest BCUT2D eigenvalue weighted by Crippen LogP contribution is -2.36. The quantitative estimate of drug-likeness (QED) is 0.639. The number of carbonyl (C=O) groups excluding carboxylic acids is 1. The van der Waals surface area contributed by atoms with E-state index in [1.807, 2.05) is 54.6 Å². The zero-order chi connectivity index (χ0) is 18.2. The van der Waals surface area contributed by atoms with Crippen LogP contribution in [0.3, 0.4) is 0 Å². The molecule has 0 bridgehead atoms. The van der Waals surface area contributed by atoms with Gasteiger partial charge in [-0.05, 0) is 49.1 Å². The third kappa shape index (κ3) is 5.17. The van der Waals surface area contributed by atoms with E-state index in [-0.39, 0.29) is 12.0 Å². The summed E-state index contributed by atoms with van der Waals surface area (Å²) < 4.78 is 5.62. The van der Waals surface area contributed by atoms with E-state index in [0.29, 0.717) is 18.1 Å². The summed E-state index contributed by atoms with van der Waals surface area (Å²) in [4.78, 5) is 17.1. The van der Waals surface area contributed by atoms with Crippen LogP contribution >= 0.6 is 0 Å². The molecule has 5 heteroatoms. The summed E-state index contributed by atoms with van der Waals surface area (Å²) in [7, 11) is 0. The molecule has 0 aliphatic carbocycles. The van der Waals surface area contributed by atoms with Crippen LogP contribution in [0.1, 0.15) is 35.7 Å². The van der Waals surface area contributed by atoms with Gasteiger partial charge in [0.1, 0.15) is 0 Å². The van der Waals surface area contributed by atoms with Gasteiger partial charge >= 0.3 is 0 Å². The van der Waals surface area contributed by atoms with Gasteiger partial charge in [-0.1, -0.05) is 37.3 Å². The van der Waals surface area contributed by atoms with Crippen molar-refractivity contribution in [3.8, 4) is 0 Å². The van der Waals surface area contributed by atoms with Gasteiger partial charge in [0, 0.05) is 17.9 Å². The maximum absolute atomic E-state index is 12.6. The Morgan fingerprint density at radius 3 is 2.58 bits per heavy atom. The van der Waals surface area contributed by atoms with Crippen LogP contribution in [0.25, 0.3) is 0 Å². The number of carbonyl (C=O) groups is 1. The molecule has 1 saturated heterocycles. The molecule has 2 aromatic rings. The van der Waals surface area contributed by atoms with E-state index >= 15 is 0 Å². The van der Waals surface area contributed by atoms with Crippen molar-refractivity contribution in [3.05, 3.63) is 65.7 Å². The van der Waals surface area contributed by atoms with Gasteiger partial charge in [-0.15, -0.1) is 0 Å². The lowest BCUT2D eigenvalue weighted by atomic mass is 10.1. The number of anilines is 1. The molecule has 26 heavy (non-hydrogen) atoms. The van der Waals surface area contributed by atoms with Crippen LogP contribution < -0.4 is 10.6 Å². The van der Waals surface area contributed by atoms with E-state index in [1.54, 1.807) is 0 Å². The number of hydrogen-bond acceptors (Lipinski definition) is 3. The highest BCUT2D eigenvalue weighted by Gasteiger charge is 2.16. The van der Waals surface area contributed by atoms with Crippen molar-refractivity contribution in [2.24, 2.45) is 4.99 Å². The maximum Gasteiger partial charge on any atom is 0.257 e. The molecule has 0 spiro atoms. The minimum absolute atomic E-state index is 0.128. The molecule has 3 rings (SSSR count). The molecule has 1 amide bonds. The highest BCUT2D eigenvalue weighted by Crippen LogP contribution is 2.12. The molecule has 2 aromatic carbocycles. The molecule has 1 aliphatic heterocycles. The van der Waals surface area contributed by atoms with Crippen LogP contribution in [0, 0.1) is 0 Å². The second-order valence-corrected chi connectivity index (χ2v) is 6.32. The van der Waals surface area contributed by atoms with Crippen molar-refractivity contribution in [2.45, 2.75) is 32.3 Å². The second-order valence-electron chi connectivity index (χ2n) is 6.32. The van der Waals surface area contributed by atoms with Crippen molar-refractivity contribution < 1.29 is 9.53 Å². The highest BCUT2D eigenvalue weighted by atomic mass is 16.5. The van der Waals surface area contributed by atoms with Crippen LogP contribution in [-0.2, 0) is 11.2 Å². The van der Waals surface area contributed by atoms with Crippen molar-refractivity contribution in [2.75, 3.05) is 18.5 Å². The maximum atomic E-state index is 12.6. The molecular weight excluding hydrogens is 326 g/mol. The molecule has 1 aliphatic rings. The summed E-state index contributed by atoms with van der Waals surface area (Å²) in [5.41, 5.74) is 2.69. The summed E-state index contributed by atoms with van der Waals surface area (Å²) in [6.07, 6.45) is 3.15. The average molecular weight is 351 g/mol. The van der Waals surface area contributed by atoms with Gasteiger partial charge in [0.05, 0.1) is 12.6 Å². The van der Waals surface area contributed by atoms with E-state index in [1.165, 1.54) is 5.56 Å². The molecule has 1 fully saturated rings. The number of benzene rings is 2. The molecule has 2 N–H and O–H groups in total. The Kier molecular flexibility index (Phi) is 6.39. The SMILES string of the molecule is CCc1ccc(C(=O)NC(=NC[C@@H]2CCCO2)Nc2ccccc2)cc1. The first-order chi connectivity index (χ1) is 12.7. The second kappa shape index (κ2) is 9.15. The number of nitrogens with zero attached hydrogens (tertiary/aromatic N) is 1. The van der Waals surface area contributed by atoms with E-state index < -0.39 is 0 Å². The predicted molar refractivity (Wildman–Crippen MR) is 105 cm³/mol. The average Bonchev–Trinajstić information content (AvgIpc) is 3.20. The Hall–Kier alpha value is -2.66. The molecule has 5 nitrogen and oxygen atoms in total. The summed E-state index contributed by atoms with van der Waals surface area (Å²) in [5.74, 6) is 0.262. The minimum Gasteiger partial charge on any atom is -0.376 e. The molecule has 0 saturated carbocycles. The number of guanidine groups is 1. The first-order valence-electron chi connectivity index (χ1n) is 9.13. The zero-order valence-electron chi connectivity index (χ0n) is 15.1. The van der Waals surface area contributed by atoms with Crippen LogP contribution in [0.2, 0.25) is 0 Å². The summed E-state index contributed by atoms with van der Waals surface area (Å²) in [6, 6.07) is 17.3. The van der Waals surface area contributed by atoms with Gasteiger partial charge < -0.3 is 10.1 Å². The normalized spacial score (nSPS) is 17.1. The van der Waals surface area contributed by atoms with Crippen LogP contribution in [0.15, 0.2) is 59.6 Å². The van der Waals surface area contributed by atoms with E-state index in [2.05, 4.69) is 22.5 Å². The molecule has 136 valence electrons. The Labute approximate surface area is 154 Å². The Balaban J connectivity index is 1.70. The van der Waals surface area contributed by atoms with Gasteiger partial charge in [0.2, 0.25) is 5.96 Å². The number of aliphatic imine (C=N–C) groups is 1. The van der Waals surface area contributed by atoms with Gasteiger partial charge in [-0.3, -0.25) is 10.1 Å². The van der Waals surface area contributed by atoms with Crippen molar-refractivity contribution in [1.29, 1.82) is 0 Å². The lowest BCUT2D eigenvalue weighted by molar-refractivity contribution is 0.0975. The number of ether oxygens (including phenoxy) is 1. The Bertz CT molecular complexity index is 736. The first kappa shape index (κ1) is 18.1. The number of rotatable bonds is 5. The molecule has 1 atom stereocenters. The molecule has 0 radical (unpaired) electrons. The Morgan fingerprint density at radius 1 is 1.15 bits per heavy atom. The lowest BCUT2D eigenvalue weighted by Gasteiger charge is -2.13. The van der Waals surface area contributed by atoms with Crippen LogP contribution in [0.5, 0.6) is 0 Å². The van der Waals surface area contributed by atoms with Crippen molar-refractivity contribution in [1.82, 2.24) is 5.32 Å². The Morgan fingerprint density at radius 2 is 1.92 bits per heavy atom. The van der Waals surface area contributed by atoms with Gasteiger partial charge in [0.15, 0.2) is 0 Å². The summed E-state index contributed by atoms with van der Waals surface area (Å²) >= 11 is 0. The third-order valence-corrected chi connectivity index (χ3v) is 4.37. The predicted octanol–water partition coefficient (Wildman–Crippen LogP) is 3.63. The van der Waals surface area contributed by atoms with Gasteiger partial charge in [-0.25, -0.2) is 4.99 Å². The third-order valence-electron chi connectivity index (χ3n) is 4.37. The first-order valence-corrected chi connectivity index (χ1v) is 9.13. The molecule has 0 aromatic heterocycles. The van der Waals surface area contributed by atoms with Crippen molar-refractivity contribution in [3.63, 3.8) is 0 Å². The number of aryl methyl sites for hydroxylation is 1. The zero-order valence-corrected chi connectivity index (χ0v) is 15.1. The summed E-state index contributed by atoms with van der Waals surface area (Å²) in [6.45, 7) is 3.41. The highest BCUT2D eigenvalue weighted by molar-refractivity contribution is 6.09. The summed E-state index contributed by atoms with van der Waals surface area (Å²) in [5, 5.41) is 6.08. The smallest absolute Gasteiger partial charge is 0.257 e. The van der Waals surface area contributed by atoms with Crippen LogP contribution in [0.4, 0.5) is 5.69 Å².